The van der Waals surface area contributed by atoms with Crippen LogP contribution >= 0.6 is 0 Å². The number of aliphatic carboxylic acids is 1. The smallest absolute Gasteiger partial charge is 0.326 e. The van der Waals surface area contributed by atoms with Crippen LogP contribution in [-0.2, 0) is 29.4 Å². The minimum Gasteiger partial charge on any atom is -0.480 e. The van der Waals surface area contributed by atoms with Crippen molar-refractivity contribution in [3.05, 3.63) is 53.3 Å². The van der Waals surface area contributed by atoms with Gasteiger partial charge in [0.05, 0.1) is 11.6 Å². The van der Waals surface area contributed by atoms with Crippen molar-refractivity contribution in [1.82, 2.24) is 20.1 Å². The van der Waals surface area contributed by atoms with E-state index < -0.39 is 17.9 Å². The molecule has 0 unspecified atom stereocenters. The molecule has 0 saturated heterocycles. The second-order valence-corrected chi connectivity index (χ2v) is 9.94. The number of rotatable bonds is 10. The van der Waals surface area contributed by atoms with E-state index in [-0.39, 0.29) is 12.5 Å². The molecular weight excluding hydrogens is 458 g/mol. The maximum absolute atomic E-state index is 12.6. The van der Waals surface area contributed by atoms with Gasteiger partial charge in [0.2, 0.25) is 0 Å². The van der Waals surface area contributed by atoms with Crippen LogP contribution in [0.1, 0.15) is 53.7 Å². The zero-order chi connectivity index (χ0) is 25.1. The fourth-order valence-electron chi connectivity index (χ4n) is 5.04. The summed E-state index contributed by atoms with van der Waals surface area (Å²) < 4.78 is 7.59. The van der Waals surface area contributed by atoms with Crippen molar-refractivity contribution in [1.29, 1.82) is 0 Å². The molecule has 1 atom stereocenters. The summed E-state index contributed by atoms with van der Waals surface area (Å²) in [6.07, 6.45) is 8.52. The molecule has 1 amide bonds. The largest absolute Gasteiger partial charge is 0.480 e. The molecule has 190 valence electrons. The van der Waals surface area contributed by atoms with E-state index in [9.17, 15) is 14.7 Å². The Balaban J connectivity index is 1.03. The Morgan fingerprint density at radius 2 is 2.14 bits per heavy atom. The first-order valence-electron chi connectivity index (χ1n) is 12.8. The van der Waals surface area contributed by atoms with Crippen LogP contribution in [0.15, 0.2) is 36.5 Å². The molecule has 1 aromatic carbocycles. The number of aromatic nitrogens is 3. The van der Waals surface area contributed by atoms with Gasteiger partial charge in [-0.05, 0) is 68.2 Å². The van der Waals surface area contributed by atoms with E-state index in [1.165, 1.54) is 12.0 Å². The Labute approximate surface area is 210 Å². The number of carboxylic acid groups (broad SMARTS) is 1. The maximum Gasteiger partial charge on any atom is 0.326 e. The quantitative estimate of drug-likeness (QED) is 0.398. The van der Waals surface area contributed by atoms with Gasteiger partial charge in [-0.1, -0.05) is 12.1 Å². The molecule has 9 heteroatoms. The molecule has 0 bridgehead atoms. The number of anilines is 1. The summed E-state index contributed by atoms with van der Waals surface area (Å²) in [6.45, 7) is 1.30. The van der Waals surface area contributed by atoms with Gasteiger partial charge in [-0.2, -0.15) is 5.10 Å². The molecule has 0 radical (unpaired) electrons. The van der Waals surface area contributed by atoms with Gasteiger partial charge >= 0.3 is 5.97 Å². The number of hydrogen-bond donors (Lipinski definition) is 3. The average molecular weight is 492 g/mol. The van der Waals surface area contributed by atoms with Crippen LogP contribution in [-0.4, -0.2) is 57.0 Å². The van der Waals surface area contributed by atoms with Gasteiger partial charge < -0.3 is 20.5 Å². The maximum atomic E-state index is 12.6. The second-order valence-electron chi connectivity index (χ2n) is 9.94. The number of nitrogens with zero attached hydrogens (tertiary/aromatic N) is 3. The molecule has 1 aliphatic carbocycles. The van der Waals surface area contributed by atoms with Crippen molar-refractivity contribution >= 4 is 28.6 Å². The summed E-state index contributed by atoms with van der Waals surface area (Å²) >= 11 is 0. The first-order valence-corrected chi connectivity index (χ1v) is 12.8. The van der Waals surface area contributed by atoms with Crippen LogP contribution in [0.25, 0.3) is 10.9 Å². The number of benzene rings is 1. The lowest BCUT2D eigenvalue weighted by molar-refractivity contribution is -0.140. The number of carbonyl (C=O) groups is 2. The molecule has 9 nitrogen and oxygen atoms in total. The first kappa shape index (κ1) is 24.2. The van der Waals surface area contributed by atoms with Crippen molar-refractivity contribution in [2.75, 3.05) is 18.5 Å². The Morgan fingerprint density at radius 3 is 2.97 bits per heavy atom. The number of amides is 1. The van der Waals surface area contributed by atoms with Crippen LogP contribution in [0.4, 0.5) is 5.82 Å². The molecule has 3 N–H and O–H groups in total. The number of carbonyl (C=O) groups excluding carboxylic acids is 1. The van der Waals surface area contributed by atoms with Gasteiger partial charge in [0.1, 0.15) is 11.9 Å². The molecule has 3 aromatic rings. The topological polar surface area (TPSA) is 118 Å². The molecule has 2 aliphatic rings. The van der Waals surface area contributed by atoms with Crippen molar-refractivity contribution < 1.29 is 19.4 Å². The summed E-state index contributed by atoms with van der Waals surface area (Å²) in [4.78, 5) is 29.1. The molecule has 0 spiro atoms. The Bertz CT molecular complexity index is 1250. The minimum atomic E-state index is -1.07. The summed E-state index contributed by atoms with van der Waals surface area (Å²) in [5.41, 5.74) is 3.53. The summed E-state index contributed by atoms with van der Waals surface area (Å²) in [5.74, 6) is 0.164. The van der Waals surface area contributed by atoms with Gasteiger partial charge in [0.25, 0.3) is 5.91 Å². The molecular formula is C27H33N5O4. The van der Waals surface area contributed by atoms with Crippen LogP contribution in [0.5, 0.6) is 0 Å². The van der Waals surface area contributed by atoms with E-state index in [4.69, 9.17) is 9.72 Å². The first-order chi connectivity index (χ1) is 17.4. The van der Waals surface area contributed by atoms with Gasteiger partial charge in [-0.25, -0.2) is 9.78 Å². The van der Waals surface area contributed by atoms with Crippen molar-refractivity contribution in [2.24, 2.45) is 13.0 Å². The number of ether oxygens (including phenoxy) is 1. The zero-order valence-corrected chi connectivity index (χ0v) is 20.6. The number of pyridine rings is 1. The third-order valence-corrected chi connectivity index (χ3v) is 7.20. The Hall–Kier alpha value is -3.46. The van der Waals surface area contributed by atoms with Gasteiger partial charge in [0.15, 0.2) is 0 Å². The zero-order valence-electron chi connectivity index (χ0n) is 20.6. The number of nitrogens with one attached hydrogen (secondary N) is 2. The summed E-state index contributed by atoms with van der Waals surface area (Å²) in [6, 6.07) is 8.50. The predicted octanol–water partition coefficient (Wildman–Crippen LogP) is 3.33. The van der Waals surface area contributed by atoms with Crippen LogP contribution < -0.4 is 10.6 Å². The van der Waals surface area contributed by atoms with E-state index in [1.807, 2.05) is 19.3 Å². The van der Waals surface area contributed by atoms with Crippen molar-refractivity contribution in [3.8, 4) is 0 Å². The normalized spacial score (nSPS) is 19.7. The van der Waals surface area contributed by atoms with Crippen LogP contribution in [0, 0.1) is 5.92 Å². The van der Waals surface area contributed by atoms with Gasteiger partial charge in [0, 0.05) is 49.5 Å². The summed E-state index contributed by atoms with van der Waals surface area (Å²) in [7, 11) is 1.81. The fourth-order valence-corrected chi connectivity index (χ4v) is 5.04. The van der Waals surface area contributed by atoms with Crippen molar-refractivity contribution in [3.63, 3.8) is 0 Å². The highest BCUT2D eigenvalue weighted by Crippen LogP contribution is 2.34. The molecule has 1 saturated carbocycles. The van der Waals surface area contributed by atoms with E-state index in [0.717, 1.165) is 55.5 Å². The number of fused-ring (bicyclic) bond motifs is 2. The lowest BCUT2D eigenvalue weighted by Gasteiger charge is -2.35. The Kier molecular flexibility index (Phi) is 7.18. The Morgan fingerprint density at radius 1 is 1.28 bits per heavy atom. The van der Waals surface area contributed by atoms with E-state index in [0.29, 0.717) is 23.6 Å². The van der Waals surface area contributed by atoms with Crippen LogP contribution in [0.2, 0.25) is 0 Å². The SMILES string of the molecule is Cn1cc2ccc(C(=O)N[C@@H](CCOC3CC(CCc4ccc5c(n4)NCCC5)C3)C(=O)O)cc2n1. The van der Waals surface area contributed by atoms with Crippen LogP contribution in [0.3, 0.4) is 0 Å². The number of hydrogen-bond acceptors (Lipinski definition) is 6. The van der Waals surface area contributed by atoms with E-state index in [1.54, 1.807) is 16.8 Å². The molecule has 36 heavy (non-hydrogen) atoms. The van der Waals surface area contributed by atoms with Gasteiger partial charge in [-0.15, -0.1) is 0 Å². The highest BCUT2D eigenvalue weighted by Gasteiger charge is 2.30. The third kappa shape index (κ3) is 5.67. The second kappa shape index (κ2) is 10.7. The minimum absolute atomic E-state index is 0.157. The summed E-state index contributed by atoms with van der Waals surface area (Å²) in [5, 5.41) is 20.8. The molecule has 1 aliphatic heterocycles. The fraction of sp³-hybridized carbons (Fsp3) is 0.481. The van der Waals surface area contributed by atoms with E-state index >= 15 is 0 Å². The molecule has 5 rings (SSSR count). The van der Waals surface area contributed by atoms with Gasteiger partial charge in [-0.3, -0.25) is 9.48 Å². The standard InChI is InChI=1S/C27H33N5O4/c1-32-16-20-6-5-19(15-24(20)31-32)26(33)30-23(27(34)35)10-12-36-22-13-17(14-22)4-8-21-9-7-18-3-2-11-28-25(18)29-21/h5-7,9,15-17,22-23H,2-4,8,10-14H2,1H3,(H,28,29)(H,30,33)(H,34,35)/t17?,22?,23-/m0/s1. The lowest BCUT2D eigenvalue weighted by atomic mass is 9.79. The number of aryl methyl sites for hydroxylation is 3. The molecule has 1 fully saturated rings. The highest BCUT2D eigenvalue weighted by atomic mass is 16.5. The van der Waals surface area contributed by atoms with E-state index in [2.05, 4.69) is 27.9 Å². The highest BCUT2D eigenvalue weighted by molar-refractivity contribution is 5.99. The lowest BCUT2D eigenvalue weighted by Crippen LogP contribution is -2.42. The predicted molar refractivity (Wildman–Crippen MR) is 136 cm³/mol. The monoisotopic (exact) mass is 491 g/mol. The molecule has 2 aromatic heterocycles. The third-order valence-electron chi connectivity index (χ3n) is 7.20. The number of carboxylic acids is 1. The van der Waals surface area contributed by atoms with Crippen molar-refractivity contribution in [2.45, 2.75) is 57.1 Å². The molecule has 3 heterocycles. The average Bonchev–Trinajstić information content (AvgIpc) is 3.22.